The molecular formula is C10H16ClNO. The molecule has 0 saturated carbocycles. The number of halogens is 1. The highest BCUT2D eigenvalue weighted by Crippen LogP contribution is 2.22. The van der Waals surface area contributed by atoms with Crippen LogP contribution in [0.3, 0.4) is 0 Å². The van der Waals surface area contributed by atoms with Crippen molar-refractivity contribution in [2.75, 3.05) is 0 Å². The zero-order valence-electron chi connectivity index (χ0n) is 7.90. The van der Waals surface area contributed by atoms with Crippen molar-refractivity contribution in [3.8, 4) is 0 Å². The Hall–Kier alpha value is -0.570. The SMILES string of the molecule is CC(C)(N)C(O)c1ccccc1.Cl. The first-order chi connectivity index (χ1) is 5.52. The van der Waals surface area contributed by atoms with Crippen LogP contribution in [0.25, 0.3) is 0 Å². The Bertz CT molecular complexity index is 243. The summed E-state index contributed by atoms with van der Waals surface area (Å²) in [5.74, 6) is 0. The van der Waals surface area contributed by atoms with E-state index in [1.54, 1.807) is 0 Å². The van der Waals surface area contributed by atoms with Gasteiger partial charge in [-0.2, -0.15) is 0 Å². The van der Waals surface area contributed by atoms with E-state index in [-0.39, 0.29) is 12.4 Å². The van der Waals surface area contributed by atoms with Gasteiger partial charge in [0, 0.05) is 5.54 Å². The first-order valence-electron chi connectivity index (χ1n) is 4.03. The predicted octanol–water partition coefficient (Wildman–Crippen LogP) is 1.88. The van der Waals surface area contributed by atoms with Crippen LogP contribution in [0.15, 0.2) is 30.3 Å². The zero-order valence-corrected chi connectivity index (χ0v) is 8.71. The first kappa shape index (κ1) is 12.4. The lowest BCUT2D eigenvalue weighted by Crippen LogP contribution is -2.39. The Morgan fingerprint density at radius 3 is 2.08 bits per heavy atom. The molecule has 0 fully saturated rings. The predicted molar refractivity (Wildman–Crippen MR) is 56.9 cm³/mol. The molecule has 0 heterocycles. The van der Waals surface area contributed by atoms with Crippen molar-refractivity contribution < 1.29 is 5.11 Å². The van der Waals surface area contributed by atoms with E-state index in [0.717, 1.165) is 5.56 Å². The standard InChI is InChI=1S/C10H15NO.ClH/c1-10(2,11)9(12)8-6-4-3-5-7-8;/h3-7,9,12H,11H2,1-2H3;1H. The van der Waals surface area contributed by atoms with Crippen molar-refractivity contribution in [1.29, 1.82) is 0 Å². The highest BCUT2D eigenvalue weighted by atomic mass is 35.5. The van der Waals surface area contributed by atoms with Gasteiger partial charge in [0.25, 0.3) is 0 Å². The van der Waals surface area contributed by atoms with Gasteiger partial charge in [-0.3, -0.25) is 0 Å². The fraction of sp³-hybridized carbons (Fsp3) is 0.400. The zero-order chi connectivity index (χ0) is 9.19. The second-order valence-corrected chi connectivity index (χ2v) is 3.63. The van der Waals surface area contributed by atoms with Gasteiger partial charge >= 0.3 is 0 Å². The molecule has 3 N–H and O–H groups in total. The van der Waals surface area contributed by atoms with Crippen LogP contribution in [0.1, 0.15) is 25.5 Å². The van der Waals surface area contributed by atoms with Crippen molar-refractivity contribution in [2.24, 2.45) is 5.73 Å². The summed E-state index contributed by atoms with van der Waals surface area (Å²) in [5.41, 5.74) is 6.04. The van der Waals surface area contributed by atoms with Crippen molar-refractivity contribution >= 4 is 12.4 Å². The molecule has 1 rings (SSSR count). The van der Waals surface area contributed by atoms with Gasteiger partial charge in [0.2, 0.25) is 0 Å². The van der Waals surface area contributed by atoms with Gasteiger partial charge in [-0.15, -0.1) is 12.4 Å². The minimum Gasteiger partial charge on any atom is -0.387 e. The summed E-state index contributed by atoms with van der Waals surface area (Å²) >= 11 is 0. The van der Waals surface area contributed by atoms with Crippen molar-refractivity contribution in [2.45, 2.75) is 25.5 Å². The maximum absolute atomic E-state index is 9.73. The lowest BCUT2D eigenvalue weighted by Gasteiger charge is -2.25. The summed E-state index contributed by atoms with van der Waals surface area (Å²) < 4.78 is 0. The molecule has 0 radical (unpaired) electrons. The van der Waals surface area contributed by atoms with Gasteiger partial charge in [-0.25, -0.2) is 0 Å². The lowest BCUT2D eigenvalue weighted by atomic mass is 9.93. The van der Waals surface area contributed by atoms with E-state index >= 15 is 0 Å². The second kappa shape index (κ2) is 4.61. The molecule has 0 aliphatic carbocycles. The Balaban J connectivity index is 0.00000144. The van der Waals surface area contributed by atoms with E-state index in [0.29, 0.717) is 0 Å². The Morgan fingerprint density at radius 2 is 1.69 bits per heavy atom. The van der Waals surface area contributed by atoms with Gasteiger partial charge in [0.1, 0.15) is 0 Å². The first-order valence-corrected chi connectivity index (χ1v) is 4.03. The molecule has 1 aromatic carbocycles. The molecule has 0 amide bonds. The molecule has 3 heteroatoms. The number of hydrogen-bond acceptors (Lipinski definition) is 2. The number of aliphatic hydroxyl groups is 1. The quantitative estimate of drug-likeness (QED) is 0.768. The van der Waals surface area contributed by atoms with Crippen LogP contribution in [0, 0.1) is 0 Å². The van der Waals surface area contributed by atoms with Crippen molar-refractivity contribution in [3.63, 3.8) is 0 Å². The number of nitrogens with two attached hydrogens (primary N) is 1. The molecule has 2 nitrogen and oxygen atoms in total. The summed E-state index contributed by atoms with van der Waals surface area (Å²) in [4.78, 5) is 0. The largest absolute Gasteiger partial charge is 0.387 e. The van der Waals surface area contributed by atoms with Gasteiger partial charge in [0.05, 0.1) is 6.10 Å². The van der Waals surface area contributed by atoms with Gasteiger partial charge in [0.15, 0.2) is 0 Å². The van der Waals surface area contributed by atoms with E-state index in [9.17, 15) is 5.11 Å². The van der Waals surface area contributed by atoms with Crippen molar-refractivity contribution in [1.82, 2.24) is 0 Å². The molecular weight excluding hydrogens is 186 g/mol. The van der Waals surface area contributed by atoms with E-state index in [4.69, 9.17) is 5.73 Å². The molecule has 0 bridgehead atoms. The van der Waals surface area contributed by atoms with Gasteiger partial charge in [-0.05, 0) is 19.4 Å². The molecule has 0 saturated heterocycles. The van der Waals surface area contributed by atoms with E-state index in [1.165, 1.54) is 0 Å². The van der Waals surface area contributed by atoms with Crippen LogP contribution in [-0.2, 0) is 0 Å². The molecule has 13 heavy (non-hydrogen) atoms. The molecule has 0 aliphatic rings. The fourth-order valence-electron chi connectivity index (χ4n) is 1.06. The third-order valence-electron chi connectivity index (χ3n) is 1.82. The molecule has 0 aromatic heterocycles. The van der Waals surface area contributed by atoms with Gasteiger partial charge in [-0.1, -0.05) is 30.3 Å². The maximum Gasteiger partial charge on any atom is 0.0963 e. The molecule has 1 atom stereocenters. The van der Waals surface area contributed by atoms with E-state index in [1.807, 2.05) is 44.2 Å². The molecule has 0 aliphatic heterocycles. The lowest BCUT2D eigenvalue weighted by molar-refractivity contribution is 0.104. The molecule has 0 spiro atoms. The Kier molecular flexibility index (Phi) is 4.40. The van der Waals surface area contributed by atoms with Crippen LogP contribution >= 0.6 is 12.4 Å². The summed E-state index contributed by atoms with van der Waals surface area (Å²) in [5, 5.41) is 9.73. The number of aliphatic hydroxyl groups excluding tert-OH is 1. The number of hydrogen-bond donors (Lipinski definition) is 2. The number of benzene rings is 1. The van der Waals surface area contributed by atoms with Crippen LogP contribution in [-0.4, -0.2) is 10.6 Å². The molecule has 1 unspecified atom stereocenters. The third-order valence-corrected chi connectivity index (χ3v) is 1.82. The molecule has 1 aromatic rings. The van der Waals surface area contributed by atoms with Crippen LogP contribution in [0.2, 0.25) is 0 Å². The van der Waals surface area contributed by atoms with Crippen LogP contribution in [0.4, 0.5) is 0 Å². The average Bonchev–Trinajstić information content (AvgIpc) is 2.03. The highest BCUT2D eigenvalue weighted by molar-refractivity contribution is 5.85. The van der Waals surface area contributed by atoms with Crippen LogP contribution in [0.5, 0.6) is 0 Å². The monoisotopic (exact) mass is 201 g/mol. The second-order valence-electron chi connectivity index (χ2n) is 3.63. The van der Waals surface area contributed by atoms with E-state index in [2.05, 4.69) is 0 Å². The minimum absolute atomic E-state index is 0. The smallest absolute Gasteiger partial charge is 0.0963 e. The third kappa shape index (κ3) is 3.35. The number of rotatable bonds is 2. The van der Waals surface area contributed by atoms with Crippen molar-refractivity contribution in [3.05, 3.63) is 35.9 Å². The van der Waals surface area contributed by atoms with Gasteiger partial charge < -0.3 is 10.8 Å². The normalized spacial score (nSPS) is 13.2. The molecule has 74 valence electrons. The Labute approximate surface area is 85.2 Å². The highest BCUT2D eigenvalue weighted by Gasteiger charge is 2.23. The summed E-state index contributed by atoms with van der Waals surface area (Å²) in [6, 6.07) is 9.45. The summed E-state index contributed by atoms with van der Waals surface area (Å²) in [6.45, 7) is 3.62. The van der Waals surface area contributed by atoms with E-state index < -0.39 is 11.6 Å². The maximum atomic E-state index is 9.73. The minimum atomic E-state index is -0.598. The average molecular weight is 202 g/mol. The summed E-state index contributed by atoms with van der Waals surface area (Å²) in [6.07, 6.45) is -0.598. The van der Waals surface area contributed by atoms with Crippen LogP contribution < -0.4 is 5.73 Å². The topological polar surface area (TPSA) is 46.2 Å². The fourth-order valence-corrected chi connectivity index (χ4v) is 1.06. The Morgan fingerprint density at radius 1 is 1.23 bits per heavy atom. The summed E-state index contributed by atoms with van der Waals surface area (Å²) in [7, 11) is 0.